The van der Waals surface area contributed by atoms with Crippen LogP contribution in [-0.2, 0) is 10.0 Å². The summed E-state index contributed by atoms with van der Waals surface area (Å²) < 4.78 is 49.3. The van der Waals surface area contributed by atoms with Crippen molar-refractivity contribution in [2.24, 2.45) is 0 Å². The number of nitrogens with zero attached hydrogens (tertiary/aromatic N) is 1. The lowest BCUT2D eigenvalue weighted by Crippen LogP contribution is -2.20. The Balaban J connectivity index is 2.53. The van der Waals surface area contributed by atoms with Crippen LogP contribution in [-0.4, -0.2) is 19.2 Å². The Morgan fingerprint density at radius 1 is 1.33 bits per heavy atom. The molecule has 0 amide bonds. The van der Waals surface area contributed by atoms with Gasteiger partial charge in [-0.3, -0.25) is 9.71 Å². The third kappa shape index (κ3) is 2.59. The van der Waals surface area contributed by atoms with Gasteiger partial charge in [-0.15, -0.1) is 0 Å². The molecule has 1 heterocycles. The van der Waals surface area contributed by atoms with Crippen molar-refractivity contribution in [3.63, 3.8) is 0 Å². The predicted molar refractivity (Wildman–Crippen MR) is 68.0 cm³/mol. The molecule has 0 saturated heterocycles. The van der Waals surface area contributed by atoms with Crippen LogP contribution in [0, 0.1) is 0 Å². The van der Waals surface area contributed by atoms with Gasteiger partial charge in [0, 0.05) is 16.1 Å². The van der Waals surface area contributed by atoms with Crippen molar-refractivity contribution in [3.8, 4) is 0 Å². The Hall–Kier alpha value is -1.28. The lowest BCUT2D eigenvalue weighted by Gasteiger charge is -2.09. The maximum atomic E-state index is 12.3. The van der Waals surface area contributed by atoms with Crippen molar-refractivity contribution in [1.82, 2.24) is 4.98 Å². The van der Waals surface area contributed by atoms with Crippen molar-refractivity contribution in [2.75, 3.05) is 4.72 Å². The minimum Gasteiger partial charge on any atom is -0.277 e. The Bertz CT molecular complexity index is 691. The molecule has 2 rings (SSSR count). The summed E-state index contributed by atoms with van der Waals surface area (Å²) in [5.41, 5.74) is 0.338. The quantitative estimate of drug-likeness (QED) is 0.937. The summed E-state index contributed by atoms with van der Waals surface area (Å²) in [7, 11) is -4.69. The largest absolute Gasteiger partial charge is 0.355 e. The molecule has 0 radical (unpaired) electrons. The van der Waals surface area contributed by atoms with Gasteiger partial charge in [0.25, 0.3) is 10.0 Å². The first-order valence-corrected chi connectivity index (χ1v) is 7.08. The lowest BCUT2D eigenvalue weighted by atomic mass is 10.2. The van der Waals surface area contributed by atoms with Crippen molar-refractivity contribution in [1.29, 1.82) is 0 Å². The first-order chi connectivity index (χ1) is 8.40. The number of pyridine rings is 1. The highest BCUT2D eigenvalue weighted by atomic mass is 79.9. The van der Waals surface area contributed by atoms with Crippen LogP contribution in [0.2, 0.25) is 0 Å². The summed E-state index contributed by atoms with van der Waals surface area (Å²) in [6, 6.07) is 6.35. The fourth-order valence-electron chi connectivity index (χ4n) is 1.41. The molecule has 0 fully saturated rings. The Labute approximate surface area is 110 Å². The summed E-state index contributed by atoms with van der Waals surface area (Å²) >= 11 is 3.22. The van der Waals surface area contributed by atoms with Gasteiger partial charge in [-0.2, -0.15) is 8.78 Å². The molecule has 4 nitrogen and oxygen atoms in total. The molecule has 0 atom stereocenters. The van der Waals surface area contributed by atoms with Crippen LogP contribution in [0.1, 0.15) is 0 Å². The van der Waals surface area contributed by atoms with E-state index in [1.807, 2.05) is 4.72 Å². The number of hydrogen-bond acceptors (Lipinski definition) is 3. The molecular weight excluding hydrogens is 330 g/mol. The van der Waals surface area contributed by atoms with Crippen molar-refractivity contribution >= 4 is 42.5 Å². The molecule has 0 saturated carbocycles. The molecule has 1 N–H and O–H groups in total. The summed E-state index contributed by atoms with van der Waals surface area (Å²) in [6.45, 7) is 0. The summed E-state index contributed by atoms with van der Waals surface area (Å²) in [4.78, 5) is 4.01. The van der Waals surface area contributed by atoms with E-state index in [0.717, 1.165) is 0 Å². The summed E-state index contributed by atoms with van der Waals surface area (Å²) in [5.74, 6) is -3.48. The van der Waals surface area contributed by atoms with Crippen LogP contribution in [0.4, 0.5) is 14.5 Å². The third-order valence-corrected chi connectivity index (χ3v) is 3.57. The predicted octanol–water partition coefficient (Wildman–Crippen LogP) is 2.96. The van der Waals surface area contributed by atoms with E-state index < -0.39 is 15.8 Å². The van der Waals surface area contributed by atoms with Gasteiger partial charge in [0.05, 0.1) is 11.2 Å². The average Bonchev–Trinajstić information content (AvgIpc) is 2.28. The fraction of sp³-hybridized carbons (Fsp3) is 0.100. The van der Waals surface area contributed by atoms with Crippen LogP contribution in [0.5, 0.6) is 0 Å². The molecule has 8 heteroatoms. The zero-order valence-electron chi connectivity index (χ0n) is 8.77. The van der Waals surface area contributed by atoms with E-state index in [2.05, 4.69) is 20.9 Å². The van der Waals surface area contributed by atoms with Crippen LogP contribution in [0.3, 0.4) is 0 Å². The van der Waals surface area contributed by atoms with E-state index in [1.165, 1.54) is 12.3 Å². The number of rotatable bonds is 3. The number of benzene rings is 1. The maximum absolute atomic E-state index is 12.3. The number of hydrogen-bond donors (Lipinski definition) is 1. The van der Waals surface area contributed by atoms with Crippen LogP contribution >= 0.6 is 15.9 Å². The van der Waals surface area contributed by atoms with Crippen LogP contribution in [0.15, 0.2) is 34.9 Å². The second-order valence-corrected chi connectivity index (χ2v) is 6.00. The molecule has 0 aliphatic heterocycles. The van der Waals surface area contributed by atoms with Gasteiger partial charge in [0.15, 0.2) is 0 Å². The molecule has 0 bridgehead atoms. The number of fused-ring (bicyclic) bond motifs is 1. The topological polar surface area (TPSA) is 59.1 Å². The van der Waals surface area contributed by atoms with Gasteiger partial charge >= 0.3 is 5.76 Å². The summed E-state index contributed by atoms with van der Waals surface area (Å²) in [5, 5.41) is 0.638. The number of halogens is 3. The zero-order valence-corrected chi connectivity index (χ0v) is 11.2. The van der Waals surface area contributed by atoms with Gasteiger partial charge in [-0.05, 0) is 28.1 Å². The third-order valence-electron chi connectivity index (χ3n) is 2.16. The number of para-hydroxylation sites is 1. The highest BCUT2D eigenvalue weighted by molar-refractivity contribution is 9.10. The number of nitrogens with one attached hydrogen (secondary N) is 1. The summed E-state index contributed by atoms with van der Waals surface area (Å²) in [6.07, 6.45) is 1.46. The smallest absolute Gasteiger partial charge is 0.277 e. The Morgan fingerprint density at radius 2 is 2.06 bits per heavy atom. The standard InChI is InChI=1S/C10H7BrF2N2O2S/c11-7-4-6-2-1-3-8(9(6)14-5-7)15-18(16,17)10(12)13/h1-5,10,15H. The van der Waals surface area contributed by atoms with Gasteiger partial charge in [-0.1, -0.05) is 12.1 Å². The fourth-order valence-corrected chi connectivity index (χ4v) is 2.32. The second-order valence-electron chi connectivity index (χ2n) is 3.44. The molecule has 2 aromatic rings. The molecule has 18 heavy (non-hydrogen) atoms. The lowest BCUT2D eigenvalue weighted by molar-refractivity contribution is 0.236. The van der Waals surface area contributed by atoms with Crippen LogP contribution in [0.25, 0.3) is 10.9 Å². The normalized spacial score (nSPS) is 12.0. The first-order valence-electron chi connectivity index (χ1n) is 4.74. The zero-order chi connectivity index (χ0) is 13.3. The Morgan fingerprint density at radius 3 is 2.72 bits per heavy atom. The van der Waals surface area contributed by atoms with E-state index in [9.17, 15) is 17.2 Å². The van der Waals surface area contributed by atoms with Crippen LogP contribution < -0.4 is 4.72 Å². The number of anilines is 1. The molecule has 0 spiro atoms. The monoisotopic (exact) mass is 336 g/mol. The molecule has 0 aliphatic carbocycles. The Kier molecular flexibility index (Phi) is 3.49. The number of aromatic nitrogens is 1. The highest BCUT2D eigenvalue weighted by Gasteiger charge is 2.24. The molecule has 96 valence electrons. The van der Waals surface area contributed by atoms with Crippen molar-refractivity contribution < 1.29 is 17.2 Å². The van der Waals surface area contributed by atoms with Gasteiger partial charge in [-0.25, -0.2) is 8.42 Å². The minimum atomic E-state index is -4.69. The van der Waals surface area contributed by atoms with Gasteiger partial charge in [0.2, 0.25) is 0 Å². The van der Waals surface area contributed by atoms with E-state index in [4.69, 9.17) is 0 Å². The van der Waals surface area contributed by atoms with Crippen molar-refractivity contribution in [3.05, 3.63) is 34.9 Å². The first kappa shape index (κ1) is 13.2. The number of alkyl halides is 2. The second kappa shape index (κ2) is 4.77. The molecule has 1 aromatic carbocycles. The van der Waals surface area contributed by atoms with Gasteiger partial charge < -0.3 is 0 Å². The van der Waals surface area contributed by atoms with Crippen molar-refractivity contribution in [2.45, 2.75) is 5.76 Å². The molecular formula is C10H7BrF2N2O2S. The SMILES string of the molecule is O=S(=O)(Nc1cccc2cc(Br)cnc12)C(F)F. The van der Waals surface area contributed by atoms with E-state index >= 15 is 0 Å². The highest BCUT2D eigenvalue weighted by Crippen LogP contribution is 2.25. The maximum Gasteiger partial charge on any atom is 0.355 e. The van der Waals surface area contributed by atoms with E-state index in [0.29, 0.717) is 15.4 Å². The molecule has 0 aliphatic rings. The number of sulfonamides is 1. The average molecular weight is 337 g/mol. The van der Waals surface area contributed by atoms with Gasteiger partial charge in [0.1, 0.15) is 0 Å². The minimum absolute atomic E-state index is 0.0281. The van der Waals surface area contributed by atoms with E-state index in [-0.39, 0.29) is 5.69 Å². The molecule has 1 aromatic heterocycles. The van der Waals surface area contributed by atoms with E-state index in [1.54, 1.807) is 18.2 Å². The molecule has 0 unspecified atom stereocenters.